The van der Waals surface area contributed by atoms with Gasteiger partial charge in [0.1, 0.15) is 6.17 Å². The van der Waals surface area contributed by atoms with Crippen LogP contribution in [0.5, 0.6) is 0 Å². The Kier molecular flexibility index (Phi) is 5.58. The molecule has 2 heterocycles. The topological polar surface area (TPSA) is 94.8 Å². The minimum absolute atomic E-state index is 0.116. The minimum atomic E-state index is -0.129. The van der Waals surface area contributed by atoms with E-state index >= 15 is 0 Å². The molecule has 1 aromatic carbocycles. The van der Waals surface area contributed by atoms with Gasteiger partial charge in [0.25, 0.3) is 0 Å². The van der Waals surface area contributed by atoms with Crippen LogP contribution in [0.15, 0.2) is 52.8 Å². The molecule has 2 aliphatic rings. The van der Waals surface area contributed by atoms with Gasteiger partial charge in [0.05, 0.1) is 11.5 Å². The molecule has 2 aliphatic heterocycles. The number of allylic oxidation sites excluding steroid dienone is 1. The smallest absolute Gasteiger partial charge is 0.327 e. The Morgan fingerprint density at radius 1 is 1.31 bits per heavy atom. The second kappa shape index (κ2) is 8.05. The highest BCUT2D eigenvalue weighted by Gasteiger charge is 2.29. The summed E-state index contributed by atoms with van der Waals surface area (Å²) in [6.07, 6.45) is 4.77. The van der Waals surface area contributed by atoms with E-state index in [0.29, 0.717) is 5.84 Å². The Morgan fingerprint density at radius 2 is 2.08 bits per heavy atom. The van der Waals surface area contributed by atoms with E-state index in [2.05, 4.69) is 20.9 Å². The number of amides is 2. The average molecular weight is 354 g/mol. The number of nitrogens with one attached hydrogen (secondary N) is 3. The number of amidine groups is 1. The number of fused-ring (bicyclic) bond motifs is 1. The highest BCUT2D eigenvalue weighted by atomic mass is 16.2. The second-order valence-corrected chi connectivity index (χ2v) is 6.57. The summed E-state index contributed by atoms with van der Waals surface area (Å²) in [5.41, 5.74) is 9.64. The summed E-state index contributed by atoms with van der Waals surface area (Å²) in [6, 6.07) is 7.88. The van der Waals surface area contributed by atoms with Gasteiger partial charge in [0.15, 0.2) is 0 Å². The molecule has 0 aromatic heterocycles. The molecule has 0 saturated heterocycles. The number of carbonyl (C=O) groups excluding carboxylic acids is 1. The fraction of sp³-hybridized carbons (Fsp3) is 0.368. The van der Waals surface area contributed by atoms with E-state index < -0.39 is 0 Å². The lowest BCUT2D eigenvalue weighted by molar-refractivity contribution is 0.244. The standard InChI is InChI=1S/C19H26N6O/c1-13-10-16-12-25(19(26)24-18(16)23-13)17-6-4-15(5-7-17)11-21-8-3-9-22-14(2)20/h4-7,10,12,18,21,23H,3,8-9,11H2,1-2H3,(H2,20,22)(H,24,26). The number of nitrogens with zero attached hydrogens (tertiary/aromatic N) is 2. The first-order valence-electron chi connectivity index (χ1n) is 8.85. The molecule has 0 saturated carbocycles. The largest absolute Gasteiger partial charge is 0.388 e. The Labute approximate surface area is 154 Å². The third kappa shape index (κ3) is 4.43. The lowest BCUT2D eigenvalue weighted by Crippen LogP contribution is -2.51. The maximum Gasteiger partial charge on any atom is 0.327 e. The van der Waals surface area contributed by atoms with Crippen LogP contribution in [-0.4, -0.2) is 31.1 Å². The van der Waals surface area contributed by atoms with Gasteiger partial charge in [-0.05, 0) is 50.6 Å². The zero-order chi connectivity index (χ0) is 18.5. The van der Waals surface area contributed by atoms with Crippen molar-refractivity contribution >= 4 is 17.6 Å². The van der Waals surface area contributed by atoms with E-state index in [9.17, 15) is 4.79 Å². The van der Waals surface area contributed by atoms with Gasteiger partial charge in [-0.15, -0.1) is 0 Å². The van der Waals surface area contributed by atoms with E-state index in [-0.39, 0.29) is 12.2 Å². The van der Waals surface area contributed by atoms with Gasteiger partial charge in [0.2, 0.25) is 0 Å². The van der Waals surface area contributed by atoms with Crippen LogP contribution in [0.2, 0.25) is 0 Å². The zero-order valence-electron chi connectivity index (χ0n) is 15.2. The van der Waals surface area contributed by atoms with Crippen LogP contribution in [0, 0.1) is 0 Å². The number of anilines is 1. The molecule has 0 bridgehead atoms. The highest BCUT2D eigenvalue weighted by Crippen LogP contribution is 2.24. The molecule has 0 radical (unpaired) electrons. The Morgan fingerprint density at radius 3 is 2.81 bits per heavy atom. The van der Waals surface area contributed by atoms with E-state index in [4.69, 9.17) is 5.73 Å². The first kappa shape index (κ1) is 18.0. The highest BCUT2D eigenvalue weighted by molar-refractivity contribution is 5.96. The summed E-state index contributed by atoms with van der Waals surface area (Å²) in [7, 11) is 0. The molecular weight excluding hydrogens is 328 g/mol. The predicted molar refractivity (Wildman–Crippen MR) is 105 cm³/mol. The Balaban J connectivity index is 1.54. The first-order valence-corrected chi connectivity index (χ1v) is 8.85. The fourth-order valence-electron chi connectivity index (χ4n) is 2.98. The first-order chi connectivity index (χ1) is 12.5. The van der Waals surface area contributed by atoms with Gasteiger partial charge in [0, 0.05) is 30.6 Å². The molecule has 0 spiro atoms. The number of hydrogen-bond acceptors (Lipinski definition) is 4. The minimum Gasteiger partial charge on any atom is -0.388 e. The lowest BCUT2D eigenvalue weighted by atomic mass is 10.1. The number of hydrogen-bond donors (Lipinski definition) is 4. The molecule has 7 nitrogen and oxygen atoms in total. The van der Waals surface area contributed by atoms with E-state index in [1.807, 2.05) is 43.5 Å². The van der Waals surface area contributed by atoms with Gasteiger partial charge in [-0.2, -0.15) is 0 Å². The van der Waals surface area contributed by atoms with E-state index in [1.165, 1.54) is 5.56 Å². The Hall–Kier alpha value is -2.80. The molecule has 26 heavy (non-hydrogen) atoms. The van der Waals surface area contributed by atoms with Crippen molar-refractivity contribution in [3.05, 3.63) is 53.4 Å². The predicted octanol–water partition coefficient (Wildman–Crippen LogP) is 1.79. The molecule has 1 aromatic rings. The molecule has 138 valence electrons. The number of benzene rings is 1. The van der Waals surface area contributed by atoms with Gasteiger partial charge < -0.3 is 21.7 Å². The van der Waals surface area contributed by atoms with Crippen LogP contribution >= 0.6 is 0 Å². The van der Waals surface area contributed by atoms with Crippen molar-refractivity contribution in [2.75, 3.05) is 18.0 Å². The van der Waals surface area contributed by atoms with Crippen LogP contribution in [0.1, 0.15) is 25.8 Å². The molecule has 1 unspecified atom stereocenters. The molecule has 2 amide bonds. The SMILES string of the molecule is CC1=CC2=CN(c3ccc(CNCCCN=C(C)N)cc3)C(=O)NC2N1. The van der Waals surface area contributed by atoms with Crippen molar-refractivity contribution in [2.45, 2.75) is 33.0 Å². The maximum atomic E-state index is 12.3. The summed E-state index contributed by atoms with van der Waals surface area (Å²) in [4.78, 5) is 18.1. The van der Waals surface area contributed by atoms with Crippen LogP contribution in [0.3, 0.4) is 0 Å². The van der Waals surface area contributed by atoms with Crippen molar-refractivity contribution < 1.29 is 4.79 Å². The van der Waals surface area contributed by atoms with Crippen LogP contribution < -0.4 is 26.6 Å². The lowest BCUT2D eigenvalue weighted by Gasteiger charge is -2.29. The van der Waals surface area contributed by atoms with Gasteiger partial charge in [-0.25, -0.2) is 4.79 Å². The monoisotopic (exact) mass is 354 g/mol. The number of nitrogens with two attached hydrogens (primary N) is 1. The Bertz CT molecular complexity index is 746. The number of urea groups is 1. The third-order valence-corrected chi connectivity index (χ3v) is 4.27. The normalized spacial score (nSPS) is 19.5. The number of carbonyl (C=O) groups is 1. The van der Waals surface area contributed by atoms with E-state index in [0.717, 1.165) is 43.0 Å². The van der Waals surface area contributed by atoms with Gasteiger partial charge >= 0.3 is 6.03 Å². The van der Waals surface area contributed by atoms with E-state index in [1.54, 1.807) is 11.8 Å². The number of rotatable bonds is 7. The zero-order valence-corrected chi connectivity index (χ0v) is 15.2. The molecule has 5 N–H and O–H groups in total. The maximum absolute atomic E-state index is 12.3. The quantitative estimate of drug-likeness (QED) is 0.341. The molecular formula is C19H26N6O. The van der Waals surface area contributed by atoms with Crippen molar-refractivity contribution in [3.8, 4) is 0 Å². The summed E-state index contributed by atoms with van der Waals surface area (Å²) in [5.74, 6) is 0.627. The third-order valence-electron chi connectivity index (χ3n) is 4.27. The second-order valence-electron chi connectivity index (χ2n) is 6.57. The van der Waals surface area contributed by atoms with Crippen molar-refractivity contribution in [1.82, 2.24) is 16.0 Å². The molecule has 0 aliphatic carbocycles. The van der Waals surface area contributed by atoms with Gasteiger partial charge in [-0.1, -0.05) is 12.1 Å². The summed E-state index contributed by atoms with van der Waals surface area (Å²) >= 11 is 0. The van der Waals surface area contributed by atoms with Crippen molar-refractivity contribution in [2.24, 2.45) is 10.7 Å². The molecule has 1 atom stereocenters. The molecule has 3 rings (SSSR count). The summed E-state index contributed by atoms with van der Waals surface area (Å²) < 4.78 is 0. The molecule has 7 heteroatoms. The van der Waals surface area contributed by atoms with Crippen molar-refractivity contribution in [1.29, 1.82) is 0 Å². The summed E-state index contributed by atoms with van der Waals surface area (Å²) in [6.45, 7) is 6.21. The van der Waals surface area contributed by atoms with Gasteiger partial charge in [-0.3, -0.25) is 9.89 Å². The van der Waals surface area contributed by atoms with Crippen molar-refractivity contribution in [3.63, 3.8) is 0 Å². The van der Waals surface area contributed by atoms with Crippen LogP contribution in [0.25, 0.3) is 0 Å². The van der Waals surface area contributed by atoms with Crippen LogP contribution in [0.4, 0.5) is 10.5 Å². The van der Waals surface area contributed by atoms with Crippen LogP contribution in [-0.2, 0) is 6.54 Å². The average Bonchev–Trinajstić information content (AvgIpc) is 2.96. The number of aliphatic imine (C=N–C) groups is 1. The molecule has 0 fully saturated rings. The summed E-state index contributed by atoms with van der Waals surface area (Å²) in [5, 5.41) is 9.57. The fourth-order valence-corrected chi connectivity index (χ4v) is 2.98.